The maximum atomic E-state index is 12.9. The Balaban J connectivity index is 1.75. The van der Waals surface area contributed by atoms with Crippen LogP contribution in [0.5, 0.6) is 23.0 Å². The Morgan fingerprint density at radius 2 is 1.64 bits per heavy atom. The summed E-state index contributed by atoms with van der Waals surface area (Å²) in [6, 6.07) is 13.3. The van der Waals surface area contributed by atoms with E-state index in [1.54, 1.807) is 18.2 Å². The van der Waals surface area contributed by atoms with E-state index in [4.69, 9.17) is 14.2 Å². The van der Waals surface area contributed by atoms with Gasteiger partial charge in [-0.1, -0.05) is 18.2 Å². The van der Waals surface area contributed by atoms with Crippen molar-refractivity contribution in [3.63, 3.8) is 0 Å². The zero-order chi connectivity index (χ0) is 26.3. The first-order chi connectivity index (χ1) is 17.1. The van der Waals surface area contributed by atoms with Crippen LogP contribution < -0.4 is 18.9 Å². The minimum atomic E-state index is -4.49. The molecule has 10 heteroatoms. The van der Waals surface area contributed by atoms with Crippen molar-refractivity contribution in [3.05, 3.63) is 89.0 Å². The number of carbonyl (C=O) groups is 1. The molecule has 3 rings (SSSR count). The van der Waals surface area contributed by atoms with E-state index in [1.165, 1.54) is 56.7 Å². The van der Waals surface area contributed by atoms with Gasteiger partial charge in [0.1, 0.15) is 18.1 Å². The summed E-state index contributed by atoms with van der Waals surface area (Å²) >= 11 is 0. The Hall–Kier alpha value is -4.08. The van der Waals surface area contributed by atoms with E-state index in [0.29, 0.717) is 16.9 Å². The smallest absolute Gasteiger partial charge is 0.416 e. The number of ketones is 1. The van der Waals surface area contributed by atoms with Crippen LogP contribution in [0.1, 0.15) is 27.0 Å². The minimum Gasteiger partial charge on any atom is -0.496 e. The van der Waals surface area contributed by atoms with Gasteiger partial charge in [0.25, 0.3) is 0 Å². The zero-order valence-electron chi connectivity index (χ0n) is 19.1. The average Bonchev–Trinajstić information content (AvgIpc) is 2.85. The number of ether oxygens (including phenoxy) is 4. The predicted molar refractivity (Wildman–Crippen MR) is 122 cm³/mol. The van der Waals surface area contributed by atoms with Crippen molar-refractivity contribution in [1.29, 1.82) is 0 Å². The second kappa shape index (κ2) is 11.6. The molecule has 0 bridgehead atoms. The molecule has 0 atom stereocenters. The second-order valence-electron chi connectivity index (χ2n) is 7.33. The van der Waals surface area contributed by atoms with Crippen LogP contribution >= 0.6 is 0 Å². The highest BCUT2D eigenvalue weighted by Gasteiger charge is 2.30. The Kier molecular flexibility index (Phi) is 8.52. The molecule has 0 heterocycles. The minimum absolute atomic E-state index is 0.0203. The van der Waals surface area contributed by atoms with E-state index in [1.807, 2.05) is 0 Å². The van der Waals surface area contributed by atoms with Crippen molar-refractivity contribution >= 4 is 11.9 Å². The fraction of sp³-hybridized carbons (Fsp3) is 0.192. The van der Waals surface area contributed by atoms with E-state index >= 15 is 0 Å². The fourth-order valence-electron chi connectivity index (χ4n) is 3.22. The highest BCUT2D eigenvalue weighted by Crippen LogP contribution is 2.32. The predicted octanol–water partition coefficient (Wildman–Crippen LogP) is 6.80. The number of alkyl halides is 5. The summed E-state index contributed by atoms with van der Waals surface area (Å²) in [5.74, 6) is -0.155. The molecule has 190 valence electrons. The van der Waals surface area contributed by atoms with Gasteiger partial charge in [-0.25, -0.2) is 0 Å². The Labute approximate surface area is 203 Å². The third-order valence-electron chi connectivity index (χ3n) is 4.95. The SMILES string of the molecule is COc1ccc(/C=C/C(=O)c2ccc(OC(F)F)c(OC)c2)cc1COc1cccc(C(F)(F)F)c1. The van der Waals surface area contributed by atoms with Crippen LogP contribution in [0.3, 0.4) is 0 Å². The average molecular weight is 508 g/mol. The molecule has 5 nitrogen and oxygen atoms in total. The maximum Gasteiger partial charge on any atom is 0.416 e. The van der Waals surface area contributed by atoms with Gasteiger partial charge in [0, 0.05) is 11.1 Å². The number of carbonyl (C=O) groups excluding carboxylic acids is 1. The van der Waals surface area contributed by atoms with Crippen molar-refractivity contribution in [2.45, 2.75) is 19.4 Å². The van der Waals surface area contributed by atoms with Crippen LogP contribution in [-0.2, 0) is 12.8 Å². The summed E-state index contributed by atoms with van der Waals surface area (Å²) in [6.45, 7) is -3.12. The highest BCUT2D eigenvalue weighted by molar-refractivity contribution is 6.07. The third kappa shape index (κ3) is 6.97. The van der Waals surface area contributed by atoms with Crippen LogP contribution in [0.25, 0.3) is 6.08 Å². The molecule has 0 aliphatic carbocycles. The van der Waals surface area contributed by atoms with Crippen molar-refractivity contribution in [2.75, 3.05) is 14.2 Å². The van der Waals surface area contributed by atoms with E-state index in [-0.39, 0.29) is 29.4 Å². The number of benzene rings is 3. The van der Waals surface area contributed by atoms with Crippen molar-refractivity contribution < 1.29 is 45.7 Å². The standard InChI is InChI=1S/C26H21F5O5/c1-33-22-10-7-16(12-18(22)15-35-20-5-3-4-19(14-20)26(29,30)31)6-9-21(32)17-8-11-23(36-25(27)28)24(13-17)34-2/h3-14,25H,15H2,1-2H3/b9-6+. The molecule has 3 aromatic rings. The van der Waals surface area contributed by atoms with Crippen LogP contribution in [0, 0.1) is 0 Å². The topological polar surface area (TPSA) is 54.0 Å². The lowest BCUT2D eigenvalue weighted by molar-refractivity contribution is -0.137. The molecule has 36 heavy (non-hydrogen) atoms. The van der Waals surface area contributed by atoms with Crippen LogP contribution in [0.4, 0.5) is 22.0 Å². The van der Waals surface area contributed by atoms with E-state index in [0.717, 1.165) is 12.1 Å². The van der Waals surface area contributed by atoms with Gasteiger partial charge in [-0.2, -0.15) is 22.0 Å². The lowest BCUT2D eigenvalue weighted by atomic mass is 10.1. The first-order valence-corrected chi connectivity index (χ1v) is 10.4. The molecule has 0 saturated heterocycles. The first-order valence-electron chi connectivity index (χ1n) is 10.4. The molecular weight excluding hydrogens is 487 g/mol. The normalized spacial score (nSPS) is 11.6. The van der Waals surface area contributed by atoms with Crippen LogP contribution in [0.15, 0.2) is 66.7 Å². The van der Waals surface area contributed by atoms with Crippen LogP contribution in [0.2, 0.25) is 0 Å². The summed E-state index contributed by atoms with van der Waals surface area (Å²) in [6.07, 6.45) is -1.69. The number of rotatable bonds is 10. The highest BCUT2D eigenvalue weighted by atomic mass is 19.4. The molecule has 0 spiro atoms. The van der Waals surface area contributed by atoms with Gasteiger partial charge in [-0.15, -0.1) is 0 Å². The number of hydrogen-bond donors (Lipinski definition) is 0. The molecule has 0 radical (unpaired) electrons. The first kappa shape index (κ1) is 26.5. The summed E-state index contributed by atoms with van der Waals surface area (Å²) in [7, 11) is 2.70. The van der Waals surface area contributed by atoms with Crippen molar-refractivity contribution in [2.24, 2.45) is 0 Å². The van der Waals surface area contributed by atoms with E-state index in [2.05, 4.69) is 4.74 Å². The fourth-order valence-corrected chi connectivity index (χ4v) is 3.22. The van der Waals surface area contributed by atoms with Gasteiger partial charge in [0.05, 0.1) is 19.8 Å². The van der Waals surface area contributed by atoms with Gasteiger partial charge < -0.3 is 18.9 Å². The lowest BCUT2D eigenvalue weighted by Gasteiger charge is -2.13. The zero-order valence-corrected chi connectivity index (χ0v) is 19.1. The maximum absolute atomic E-state index is 12.9. The Bertz CT molecular complexity index is 1240. The molecule has 0 N–H and O–H groups in total. The number of allylic oxidation sites excluding steroid dienone is 1. The molecule has 0 amide bonds. The van der Waals surface area contributed by atoms with Gasteiger partial charge in [-0.05, 0) is 60.2 Å². The molecule has 3 aromatic carbocycles. The molecule has 0 aliphatic rings. The van der Waals surface area contributed by atoms with Gasteiger partial charge in [0.2, 0.25) is 0 Å². The van der Waals surface area contributed by atoms with Crippen molar-refractivity contribution in [1.82, 2.24) is 0 Å². The molecule has 0 fully saturated rings. The van der Waals surface area contributed by atoms with Gasteiger partial charge in [-0.3, -0.25) is 4.79 Å². The van der Waals surface area contributed by atoms with Crippen LogP contribution in [-0.4, -0.2) is 26.6 Å². The Morgan fingerprint density at radius 1 is 0.917 bits per heavy atom. The Morgan fingerprint density at radius 3 is 2.31 bits per heavy atom. The number of hydrogen-bond acceptors (Lipinski definition) is 5. The monoisotopic (exact) mass is 508 g/mol. The summed E-state index contributed by atoms with van der Waals surface area (Å²) < 4.78 is 84.0. The number of methoxy groups -OCH3 is 2. The van der Waals surface area contributed by atoms with E-state index in [9.17, 15) is 26.7 Å². The molecular formula is C26H21F5O5. The quantitative estimate of drug-likeness (QED) is 0.171. The van der Waals surface area contributed by atoms with Crippen molar-refractivity contribution in [3.8, 4) is 23.0 Å². The third-order valence-corrected chi connectivity index (χ3v) is 4.95. The molecule has 0 unspecified atom stereocenters. The van der Waals surface area contributed by atoms with Gasteiger partial charge >= 0.3 is 12.8 Å². The molecule has 0 saturated carbocycles. The largest absolute Gasteiger partial charge is 0.496 e. The lowest BCUT2D eigenvalue weighted by Crippen LogP contribution is -2.05. The summed E-state index contributed by atoms with van der Waals surface area (Å²) in [5, 5.41) is 0. The summed E-state index contributed by atoms with van der Waals surface area (Å²) in [4.78, 5) is 12.6. The summed E-state index contributed by atoms with van der Waals surface area (Å²) in [5.41, 5.74) is 0.495. The molecule has 0 aromatic heterocycles. The molecule has 0 aliphatic heterocycles. The second-order valence-corrected chi connectivity index (χ2v) is 7.33. The van der Waals surface area contributed by atoms with E-state index < -0.39 is 24.1 Å². The number of halogens is 5. The van der Waals surface area contributed by atoms with Gasteiger partial charge in [0.15, 0.2) is 17.3 Å².